The van der Waals surface area contributed by atoms with E-state index < -0.39 is 21.9 Å². The zero-order chi connectivity index (χ0) is 20.0. The third kappa shape index (κ3) is 5.49. The second kappa shape index (κ2) is 9.27. The summed E-state index contributed by atoms with van der Waals surface area (Å²) in [6.45, 7) is 4.52. The molecule has 1 heterocycles. The molecule has 1 aliphatic heterocycles. The Hall–Kier alpha value is -2.00. The van der Waals surface area contributed by atoms with Crippen LogP contribution in [0, 0.1) is 11.7 Å². The van der Waals surface area contributed by atoms with Crippen LogP contribution in [0.3, 0.4) is 0 Å². The molecule has 0 aliphatic carbocycles. The summed E-state index contributed by atoms with van der Waals surface area (Å²) >= 11 is 0. The van der Waals surface area contributed by atoms with Crippen molar-refractivity contribution in [3.63, 3.8) is 0 Å². The van der Waals surface area contributed by atoms with E-state index in [1.165, 1.54) is 16.4 Å². The minimum Gasteiger partial charge on any atom is -0.354 e. The Balaban J connectivity index is 1.89. The Bertz CT molecular complexity index is 759. The molecule has 2 N–H and O–H groups in total. The number of hydrogen-bond donors (Lipinski definition) is 2. The number of carbonyl (C=O) groups excluding carboxylic acids is 2. The van der Waals surface area contributed by atoms with Gasteiger partial charge in [0, 0.05) is 25.6 Å². The van der Waals surface area contributed by atoms with E-state index in [0.717, 1.165) is 18.6 Å². The summed E-state index contributed by atoms with van der Waals surface area (Å²) in [6.07, 6.45) is 1.55. The molecule has 27 heavy (non-hydrogen) atoms. The summed E-state index contributed by atoms with van der Waals surface area (Å²) in [5.41, 5.74) is 0. The van der Waals surface area contributed by atoms with Gasteiger partial charge in [-0.2, -0.15) is 4.31 Å². The smallest absolute Gasteiger partial charge is 0.243 e. The Morgan fingerprint density at radius 2 is 1.81 bits per heavy atom. The third-order valence-corrected chi connectivity index (χ3v) is 6.49. The molecule has 2 rings (SSSR count). The van der Waals surface area contributed by atoms with Gasteiger partial charge in [0.1, 0.15) is 11.9 Å². The number of benzene rings is 1. The highest BCUT2D eigenvalue weighted by Gasteiger charge is 2.32. The molecule has 0 radical (unpaired) electrons. The Morgan fingerprint density at radius 3 is 2.37 bits per heavy atom. The van der Waals surface area contributed by atoms with Crippen molar-refractivity contribution < 1.29 is 22.4 Å². The fourth-order valence-corrected chi connectivity index (χ4v) is 4.38. The lowest BCUT2D eigenvalue weighted by molar-refractivity contribution is -0.131. The zero-order valence-corrected chi connectivity index (χ0v) is 16.4. The molecule has 1 saturated heterocycles. The van der Waals surface area contributed by atoms with Gasteiger partial charge in [-0.1, -0.05) is 6.92 Å². The number of hydrogen-bond acceptors (Lipinski definition) is 4. The van der Waals surface area contributed by atoms with Crippen LogP contribution in [0.5, 0.6) is 0 Å². The number of amides is 2. The van der Waals surface area contributed by atoms with Gasteiger partial charge in [0.15, 0.2) is 0 Å². The molecule has 1 fully saturated rings. The van der Waals surface area contributed by atoms with Gasteiger partial charge in [-0.3, -0.25) is 9.59 Å². The van der Waals surface area contributed by atoms with Crippen LogP contribution in [0.2, 0.25) is 0 Å². The Morgan fingerprint density at radius 1 is 1.22 bits per heavy atom. The van der Waals surface area contributed by atoms with Crippen LogP contribution in [0.15, 0.2) is 29.2 Å². The highest BCUT2D eigenvalue weighted by molar-refractivity contribution is 7.89. The van der Waals surface area contributed by atoms with Crippen LogP contribution in [-0.4, -0.2) is 50.2 Å². The number of piperidine rings is 1. The minimum atomic E-state index is -3.70. The van der Waals surface area contributed by atoms with Gasteiger partial charge >= 0.3 is 0 Å². The molecule has 0 spiro atoms. The van der Waals surface area contributed by atoms with Crippen molar-refractivity contribution in [3.05, 3.63) is 30.1 Å². The molecule has 0 aromatic heterocycles. The summed E-state index contributed by atoms with van der Waals surface area (Å²) < 4.78 is 39.5. The van der Waals surface area contributed by atoms with E-state index >= 15 is 0 Å². The molecule has 1 atom stereocenters. The van der Waals surface area contributed by atoms with Crippen LogP contribution in [-0.2, 0) is 19.6 Å². The SMILES string of the molecule is CCCNC(=O)[C@@H](C)NC(=O)C1CCN(S(=O)(=O)c2ccc(F)cc2)CC1. The van der Waals surface area contributed by atoms with Crippen LogP contribution >= 0.6 is 0 Å². The van der Waals surface area contributed by atoms with Crippen LogP contribution in [0.4, 0.5) is 4.39 Å². The van der Waals surface area contributed by atoms with E-state index in [2.05, 4.69) is 10.6 Å². The number of nitrogens with zero attached hydrogens (tertiary/aromatic N) is 1. The predicted molar refractivity (Wildman–Crippen MR) is 98.8 cm³/mol. The van der Waals surface area contributed by atoms with Gasteiger partial charge in [0.25, 0.3) is 0 Å². The molecule has 2 amide bonds. The minimum absolute atomic E-state index is 0.0352. The monoisotopic (exact) mass is 399 g/mol. The molecular formula is C18H26FN3O4S. The lowest BCUT2D eigenvalue weighted by Crippen LogP contribution is -2.49. The van der Waals surface area contributed by atoms with Crippen molar-refractivity contribution in [3.8, 4) is 0 Å². The summed E-state index contributed by atoms with van der Waals surface area (Å²) in [5.74, 6) is -1.32. The maximum absolute atomic E-state index is 13.0. The summed E-state index contributed by atoms with van der Waals surface area (Å²) in [6, 6.07) is 4.06. The zero-order valence-electron chi connectivity index (χ0n) is 15.6. The molecule has 7 nitrogen and oxygen atoms in total. The van der Waals surface area contributed by atoms with Gasteiger partial charge in [0.05, 0.1) is 4.90 Å². The average Bonchev–Trinajstić information content (AvgIpc) is 2.66. The second-order valence-corrected chi connectivity index (χ2v) is 8.59. The third-order valence-electron chi connectivity index (χ3n) is 4.58. The van der Waals surface area contributed by atoms with Crippen molar-refractivity contribution in [1.29, 1.82) is 0 Å². The average molecular weight is 399 g/mol. The molecule has 150 valence electrons. The highest BCUT2D eigenvalue weighted by Crippen LogP contribution is 2.24. The van der Waals surface area contributed by atoms with Crippen LogP contribution in [0.25, 0.3) is 0 Å². The van der Waals surface area contributed by atoms with E-state index in [9.17, 15) is 22.4 Å². The van der Waals surface area contributed by atoms with E-state index in [-0.39, 0.29) is 35.7 Å². The van der Waals surface area contributed by atoms with E-state index in [1.807, 2.05) is 6.92 Å². The molecule has 1 aliphatic rings. The highest BCUT2D eigenvalue weighted by atomic mass is 32.2. The van der Waals surface area contributed by atoms with Crippen molar-refractivity contribution in [1.82, 2.24) is 14.9 Å². The fraction of sp³-hybridized carbons (Fsp3) is 0.556. The lowest BCUT2D eigenvalue weighted by atomic mass is 9.97. The molecule has 0 saturated carbocycles. The Labute approximate surface area is 159 Å². The summed E-state index contributed by atoms with van der Waals surface area (Å²) in [5, 5.41) is 5.41. The number of nitrogens with one attached hydrogen (secondary N) is 2. The number of halogens is 1. The first kappa shape index (κ1) is 21.3. The maximum atomic E-state index is 13.0. The second-order valence-electron chi connectivity index (χ2n) is 6.65. The molecule has 1 aromatic rings. The Kier molecular flexibility index (Phi) is 7.32. The standard InChI is InChI=1S/C18H26FN3O4S/c1-3-10-20-17(23)13(2)21-18(24)14-8-11-22(12-9-14)27(25,26)16-6-4-15(19)5-7-16/h4-7,13-14H,3,8-12H2,1-2H3,(H,20,23)(H,21,24)/t13-/m1/s1. The normalized spacial score (nSPS) is 17.3. The molecular weight excluding hydrogens is 373 g/mol. The lowest BCUT2D eigenvalue weighted by Gasteiger charge is -2.31. The fourth-order valence-electron chi connectivity index (χ4n) is 2.91. The first-order chi connectivity index (χ1) is 12.8. The molecule has 0 bridgehead atoms. The predicted octanol–water partition coefficient (Wildman–Crippen LogP) is 1.26. The first-order valence-electron chi connectivity index (χ1n) is 9.09. The van der Waals surface area contributed by atoms with Crippen molar-refractivity contribution in [2.45, 2.75) is 44.0 Å². The number of carbonyl (C=O) groups is 2. The van der Waals surface area contributed by atoms with E-state index in [4.69, 9.17) is 0 Å². The molecule has 1 aromatic carbocycles. The number of rotatable bonds is 7. The van der Waals surface area contributed by atoms with Gasteiger partial charge < -0.3 is 10.6 Å². The van der Waals surface area contributed by atoms with Crippen molar-refractivity contribution >= 4 is 21.8 Å². The van der Waals surface area contributed by atoms with Gasteiger partial charge in [-0.25, -0.2) is 12.8 Å². The van der Waals surface area contributed by atoms with Gasteiger partial charge in [0.2, 0.25) is 21.8 Å². The van der Waals surface area contributed by atoms with Crippen LogP contribution < -0.4 is 10.6 Å². The quantitative estimate of drug-likeness (QED) is 0.722. The summed E-state index contributed by atoms with van der Waals surface area (Å²) in [7, 11) is -3.70. The van der Waals surface area contributed by atoms with E-state index in [1.54, 1.807) is 6.92 Å². The van der Waals surface area contributed by atoms with Gasteiger partial charge in [-0.05, 0) is 50.5 Å². The summed E-state index contributed by atoms with van der Waals surface area (Å²) in [4.78, 5) is 24.2. The molecule has 9 heteroatoms. The number of sulfonamides is 1. The maximum Gasteiger partial charge on any atom is 0.243 e. The first-order valence-corrected chi connectivity index (χ1v) is 10.5. The largest absolute Gasteiger partial charge is 0.354 e. The van der Waals surface area contributed by atoms with E-state index in [0.29, 0.717) is 19.4 Å². The molecule has 0 unspecified atom stereocenters. The topological polar surface area (TPSA) is 95.6 Å². The van der Waals surface area contributed by atoms with Crippen molar-refractivity contribution in [2.75, 3.05) is 19.6 Å². The van der Waals surface area contributed by atoms with Crippen molar-refractivity contribution in [2.24, 2.45) is 5.92 Å². The van der Waals surface area contributed by atoms with Crippen LogP contribution in [0.1, 0.15) is 33.1 Å². The van der Waals surface area contributed by atoms with Gasteiger partial charge in [-0.15, -0.1) is 0 Å².